The lowest BCUT2D eigenvalue weighted by Crippen LogP contribution is -1.94. The second-order valence-corrected chi connectivity index (χ2v) is 4.19. The Hall–Kier alpha value is -2.56. The van der Waals surface area contributed by atoms with E-state index in [1.165, 1.54) is 0 Å². The predicted octanol–water partition coefficient (Wildman–Crippen LogP) is 2.36. The minimum Gasteiger partial charge on any atom is -0.399 e. The second kappa shape index (κ2) is 4.03. The zero-order valence-electron chi connectivity index (χ0n) is 9.96. The molecule has 1 aromatic carbocycles. The van der Waals surface area contributed by atoms with E-state index in [2.05, 4.69) is 15.4 Å². The first-order valence-electron chi connectivity index (χ1n) is 5.66. The number of nitrogens with one attached hydrogen (secondary N) is 1. The standard InChI is InChI=1S/C13H13N5/c1-9-5-6-18-12(7-9)16-13(17-18)15-11-4-2-3-10(14)8-11/h2-8H,14H2,1H3,(H,15,17). The van der Waals surface area contributed by atoms with Crippen molar-refractivity contribution in [2.45, 2.75) is 6.92 Å². The zero-order chi connectivity index (χ0) is 12.5. The fourth-order valence-corrected chi connectivity index (χ4v) is 1.78. The van der Waals surface area contributed by atoms with E-state index in [-0.39, 0.29) is 0 Å². The molecule has 0 amide bonds. The molecule has 90 valence electrons. The molecule has 0 aliphatic carbocycles. The van der Waals surface area contributed by atoms with Gasteiger partial charge in [-0.15, -0.1) is 5.10 Å². The Labute approximate surface area is 104 Å². The van der Waals surface area contributed by atoms with Gasteiger partial charge in [0.1, 0.15) is 0 Å². The van der Waals surface area contributed by atoms with Crippen LogP contribution in [0.3, 0.4) is 0 Å². The van der Waals surface area contributed by atoms with Crippen molar-refractivity contribution < 1.29 is 0 Å². The molecule has 0 radical (unpaired) electrons. The van der Waals surface area contributed by atoms with Gasteiger partial charge in [-0.05, 0) is 42.8 Å². The molecule has 3 rings (SSSR count). The van der Waals surface area contributed by atoms with Crippen molar-refractivity contribution in [3.05, 3.63) is 48.2 Å². The third-order valence-corrected chi connectivity index (χ3v) is 2.64. The first-order valence-corrected chi connectivity index (χ1v) is 5.66. The topological polar surface area (TPSA) is 68.2 Å². The summed E-state index contributed by atoms with van der Waals surface area (Å²) in [6, 6.07) is 11.5. The van der Waals surface area contributed by atoms with E-state index in [4.69, 9.17) is 5.73 Å². The highest BCUT2D eigenvalue weighted by Gasteiger charge is 2.03. The van der Waals surface area contributed by atoms with E-state index >= 15 is 0 Å². The van der Waals surface area contributed by atoms with Gasteiger partial charge in [-0.25, -0.2) is 4.52 Å². The molecule has 0 aliphatic rings. The summed E-state index contributed by atoms with van der Waals surface area (Å²) in [5.74, 6) is 0.561. The van der Waals surface area contributed by atoms with E-state index in [0.717, 1.165) is 16.9 Å². The minimum absolute atomic E-state index is 0.561. The van der Waals surface area contributed by atoms with E-state index in [1.54, 1.807) is 4.52 Å². The summed E-state index contributed by atoms with van der Waals surface area (Å²) < 4.78 is 1.74. The van der Waals surface area contributed by atoms with Gasteiger partial charge in [-0.3, -0.25) is 0 Å². The smallest absolute Gasteiger partial charge is 0.247 e. The first kappa shape index (κ1) is 10.6. The van der Waals surface area contributed by atoms with E-state index in [1.807, 2.05) is 49.5 Å². The normalized spacial score (nSPS) is 10.7. The molecule has 0 bridgehead atoms. The fourth-order valence-electron chi connectivity index (χ4n) is 1.78. The summed E-state index contributed by atoms with van der Waals surface area (Å²) in [5.41, 5.74) is 9.29. The molecule has 2 aromatic heterocycles. The number of hydrogen-bond donors (Lipinski definition) is 2. The lowest BCUT2D eigenvalue weighted by atomic mass is 10.3. The van der Waals surface area contributed by atoms with Crippen LogP contribution in [0.25, 0.3) is 5.65 Å². The number of nitrogen functional groups attached to an aromatic ring is 1. The molecular weight excluding hydrogens is 226 g/mol. The monoisotopic (exact) mass is 239 g/mol. The number of benzene rings is 1. The van der Waals surface area contributed by atoms with E-state index < -0.39 is 0 Å². The lowest BCUT2D eigenvalue weighted by Gasteiger charge is -2.01. The Morgan fingerprint density at radius 3 is 2.94 bits per heavy atom. The molecule has 18 heavy (non-hydrogen) atoms. The Bertz CT molecular complexity index is 701. The van der Waals surface area contributed by atoms with Crippen LogP contribution in [0.15, 0.2) is 42.6 Å². The zero-order valence-corrected chi connectivity index (χ0v) is 9.96. The van der Waals surface area contributed by atoms with Crippen LogP contribution in [-0.4, -0.2) is 14.6 Å². The molecule has 3 aromatic rings. The highest BCUT2D eigenvalue weighted by atomic mass is 15.3. The number of nitrogens with two attached hydrogens (primary N) is 1. The van der Waals surface area contributed by atoms with Gasteiger partial charge in [-0.2, -0.15) is 4.98 Å². The molecule has 0 saturated heterocycles. The van der Waals surface area contributed by atoms with Crippen LogP contribution in [0, 0.1) is 6.92 Å². The van der Waals surface area contributed by atoms with E-state index in [0.29, 0.717) is 11.6 Å². The van der Waals surface area contributed by atoms with Crippen LogP contribution in [0.2, 0.25) is 0 Å². The maximum atomic E-state index is 5.72. The molecule has 5 heteroatoms. The molecule has 0 atom stereocenters. The SMILES string of the molecule is Cc1ccn2nc(Nc3cccc(N)c3)nc2c1. The highest BCUT2D eigenvalue weighted by molar-refractivity contribution is 5.60. The molecule has 2 heterocycles. The van der Waals surface area contributed by atoms with Crippen molar-refractivity contribution in [1.29, 1.82) is 0 Å². The summed E-state index contributed by atoms with van der Waals surface area (Å²) in [4.78, 5) is 4.40. The van der Waals surface area contributed by atoms with Crippen molar-refractivity contribution in [2.24, 2.45) is 0 Å². The average Bonchev–Trinajstić information content (AvgIpc) is 2.70. The molecule has 5 nitrogen and oxygen atoms in total. The quantitative estimate of drug-likeness (QED) is 0.674. The summed E-state index contributed by atoms with van der Waals surface area (Å²) in [6.07, 6.45) is 1.89. The lowest BCUT2D eigenvalue weighted by molar-refractivity contribution is 0.962. The Balaban J connectivity index is 1.95. The highest BCUT2D eigenvalue weighted by Crippen LogP contribution is 2.16. The van der Waals surface area contributed by atoms with Gasteiger partial charge in [0.15, 0.2) is 5.65 Å². The number of pyridine rings is 1. The van der Waals surface area contributed by atoms with Crippen molar-refractivity contribution in [3.8, 4) is 0 Å². The molecule has 0 saturated carbocycles. The van der Waals surface area contributed by atoms with Crippen molar-refractivity contribution in [1.82, 2.24) is 14.6 Å². The van der Waals surface area contributed by atoms with Gasteiger partial charge < -0.3 is 11.1 Å². The van der Waals surface area contributed by atoms with Crippen LogP contribution in [0.4, 0.5) is 17.3 Å². The average molecular weight is 239 g/mol. The first-order chi connectivity index (χ1) is 8.70. The Morgan fingerprint density at radius 1 is 1.22 bits per heavy atom. The van der Waals surface area contributed by atoms with Crippen molar-refractivity contribution >= 4 is 23.0 Å². The number of aryl methyl sites for hydroxylation is 1. The van der Waals surface area contributed by atoms with Gasteiger partial charge in [0.25, 0.3) is 0 Å². The maximum absolute atomic E-state index is 5.72. The molecule has 3 N–H and O–H groups in total. The predicted molar refractivity (Wildman–Crippen MR) is 71.9 cm³/mol. The summed E-state index contributed by atoms with van der Waals surface area (Å²) in [5, 5.41) is 7.46. The third kappa shape index (κ3) is 1.98. The van der Waals surface area contributed by atoms with Gasteiger partial charge in [0.2, 0.25) is 5.95 Å². The van der Waals surface area contributed by atoms with Gasteiger partial charge >= 0.3 is 0 Å². The maximum Gasteiger partial charge on any atom is 0.247 e. The summed E-state index contributed by atoms with van der Waals surface area (Å²) in [7, 11) is 0. The number of anilines is 3. The van der Waals surface area contributed by atoms with Crippen LogP contribution < -0.4 is 11.1 Å². The third-order valence-electron chi connectivity index (χ3n) is 2.64. The van der Waals surface area contributed by atoms with Crippen LogP contribution in [0.5, 0.6) is 0 Å². The van der Waals surface area contributed by atoms with Crippen LogP contribution >= 0.6 is 0 Å². The molecular formula is C13H13N5. The van der Waals surface area contributed by atoms with Gasteiger partial charge in [0, 0.05) is 17.6 Å². The molecule has 0 unspecified atom stereocenters. The number of rotatable bonds is 2. The number of fused-ring (bicyclic) bond motifs is 1. The number of nitrogens with zero attached hydrogens (tertiary/aromatic N) is 3. The minimum atomic E-state index is 0.561. The van der Waals surface area contributed by atoms with Gasteiger partial charge in [0.05, 0.1) is 0 Å². The number of hydrogen-bond acceptors (Lipinski definition) is 4. The molecule has 0 spiro atoms. The fraction of sp³-hybridized carbons (Fsp3) is 0.0769. The molecule has 0 fully saturated rings. The van der Waals surface area contributed by atoms with Crippen LogP contribution in [0.1, 0.15) is 5.56 Å². The van der Waals surface area contributed by atoms with Crippen LogP contribution in [-0.2, 0) is 0 Å². The second-order valence-electron chi connectivity index (χ2n) is 4.19. The molecule has 0 aliphatic heterocycles. The number of aromatic nitrogens is 3. The Morgan fingerprint density at radius 2 is 2.11 bits per heavy atom. The summed E-state index contributed by atoms with van der Waals surface area (Å²) in [6.45, 7) is 2.03. The van der Waals surface area contributed by atoms with Gasteiger partial charge in [-0.1, -0.05) is 6.07 Å². The van der Waals surface area contributed by atoms with Crippen molar-refractivity contribution in [2.75, 3.05) is 11.1 Å². The summed E-state index contributed by atoms with van der Waals surface area (Å²) >= 11 is 0. The Kier molecular flexibility index (Phi) is 2.37. The van der Waals surface area contributed by atoms with E-state index in [9.17, 15) is 0 Å². The van der Waals surface area contributed by atoms with Crippen molar-refractivity contribution in [3.63, 3.8) is 0 Å². The largest absolute Gasteiger partial charge is 0.399 e.